The second-order valence-electron chi connectivity index (χ2n) is 7.59. The third-order valence-corrected chi connectivity index (χ3v) is 6.60. The van der Waals surface area contributed by atoms with Crippen LogP contribution in [0.2, 0.25) is 0 Å². The van der Waals surface area contributed by atoms with Gasteiger partial charge in [0.15, 0.2) is 0 Å². The molecule has 0 atom stereocenters. The number of carbonyl (C=O) groups is 2. The van der Waals surface area contributed by atoms with E-state index in [-0.39, 0.29) is 11.8 Å². The summed E-state index contributed by atoms with van der Waals surface area (Å²) in [5.74, 6) is 0.469. The largest absolute Gasteiger partial charge is 0.356 e. The molecule has 2 amide bonds. The predicted octanol–water partition coefficient (Wildman–Crippen LogP) is 3.78. The van der Waals surface area contributed by atoms with Gasteiger partial charge in [-0.1, -0.05) is 31.2 Å². The van der Waals surface area contributed by atoms with E-state index in [0.717, 1.165) is 54.0 Å². The number of amides is 2. The summed E-state index contributed by atoms with van der Waals surface area (Å²) in [6.07, 6.45) is 3.10. The Balaban J connectivity index is 1.32. The van der Waals surface area contributed by atoms with Crippen molar-refractivity contribution >= 4 is 34.1 Å². The number of nitrogens with zero attached hydrogens (tertiary/aromatic N) is 3. The first-order valence-corrected chi connectivity index (χ1v) is 11.4. The lowest BCUT2D eigenvalue weighted by atomic mass is 9.97. The van der Waals surface area contributed by atoms with Gasteiger partial charge in [-0.05, 0) is 25.0 Å². The minimum absolute atomic E-state index is 0.00527. The summed E-state index contributed by atoms with van der Waals surface area (Å²) in [7, 11) is 0. The highest BCUT2D eigenvalue weighted by atomic mass is 32.1. The summed E-state index contributed by atoms with van der Waals surface area (Å²) in [6.45, 7) is 3.92. The fourth-order valence-electron chi connectivity index (χ4n) is 3.76. The van der Waals surface area contributed by atoms with Crippen molar-refractivity contribution in [2.75, 3.05) is 19.6 Å². The first-order valence-electron chi connectivity index (χ1n) is 10.5. The van der Waals surface area contributed by atoms with Gasteiger partial charge in [-0.15, -0.1) is 11.3 Å². The van der Waals surface area contributed by atoms with E-state index >= 15 is 0 Å². The molecular weight excluding hydrogens is 396 g/mol. The smallest absolute Gasteiger partial charge is 0.272 e. The standard InChI is InChI=1S/C23H26N4O2S/c1-2-21(28)24-12-9-18-15-30-22(25-18)17-10-13-27(14-11-17)23(29)20-8-7-16-5-3-4-6-19(16)26-20/h3-8,15,17H,2,9-14H2,1H3,(H,24,28). The van der Waals surface area contributed by atoms with Crippen molar-refractivity contribution in [3.63, 3.8) is 0 Å². The lowest BCUT2D eigenvalue weighted by Gasteiger charge is -2.31. The predicted molar refractivity (Wildman–Crippen MR) is 119 cm³/mol. The molecule has 0 spiro atoms. The number of carbonyl (C=O) groups excluding carboxylic acids is 2. The zero-order chi connectivity index (χ0) is 20.9. The monoisotopic (exact) mass is 422 g/mol. The van der Waals surface area contributed by atoms with Crippen LogP contribution in [-0.2, 0) is 11.2 Å². The highest BCUT2D eigenvalue weighted by Crippen LogP contribution is 2.31. The Labute approximate surface area is 180 Å². The minimum Gasteiger partial charge on any atom is -0.356 e. The van der Waals surface area contributed by atoms with Gasteiger partial charge in [-0.2, -0.15) is 0 Å². The molecule has 0 bridgehead atoms. The second-order valence-corrected chi connectivity index (χ2v) is 8.48. The van der Waals surface area contributed by atoms with Crippen molar-refractivity contribution in [3.8, 4) is 0 Å². The van der Waals surface area contributed by atoms with Crippen LogP contribution in [0.3, 0.4) is 0 Å². The van der Waals surface area contributed by atoms with Gasteiger partial charge in [0.2, 0.25) is 5.91 Å². The molecule has 4 rings (SSSR count). The summed E-state index contributed by atoms with van der Waals surface area (Å²) in [5.41, 5.74) is 2.40. The Hall–Kier alpha value is -2.80. The number of thiazole rings is 1. The maximum atomic E-state index is 12.9. The summed E-state index contributed by atoms with van der Waals surface area (Å²) < 4.78 is 0. The van der Waals surface area contributed by atoms with E-state index in [4.69, 9.17) is 4.98 Å². The fourth-order valence-corrected chi connectivity index (χ4v) is 4.78. The van der Waals surface area contributed by atoms with E-state index in [2.05, 4.69) is 15.7 Å². The number of fused-ring (bicyclic) bond motifs is 1. The maximum absolute atomic E-state index is 12.9. The van der Waals surface area contributed by atoms with Crippen molar-refractivity contribution < 1.29 is 9.59 Å². The number of aromatic nitrogens is 2. The van der Waals surface area contributed by atoms with Crippen LogP contribution in [0.4, 0.5) is 0 Å². The number of rotatable bonds is 6. The average molecular weight is 423 g/mol. The fraction of sp³-hybridized carbons (Fsp3) is 0.391. The molecule has 2 aromatic heterocycles. The van der Waals surface area contributed by atoms with Gasteiger partial charge in [-0.25, -0.2) is 9.97 Å². The molecule has 3 aromatic rings. The van der Waals surface area contributed by atoms with Crippen molar-refractivity contribution in [2.45, 2.75) is 38.5 Å². The van der Waals surface area contributed by atoms with E-state index in [1.165, 1.54) is 0 Å². The molecule has 1 aliphatic heterocycles. The summed E-state index contributed by atoms with van der Waals surface area (Å²) in [4.78, 5) is 35.5. The normalized spacial score (nSPS) is 14.8. The first-order chi connectivity index (χ1) is 14.6. The van der Waals surface area contributed by atoms with Crippen LogP contribution in [0.1, 0.15) is 53.3 Å². The van der Waals surface area contributed by atoms with Gasteiger partial charge >= 0.3 is 0 Å². The number of benzene rings is 1. The van der Waals surface area contributed by atoms with Crippen LogP contribution in [0.5, 0.6) is 0 Å². The molecular formula is C23H26N4O2S. The van der Waals surface area contributed by atoms with Gasteiger partial charge in [0.1, 0.15) is 5.69 Å². The van der Waals surface area contributed by atoms with Gasteiger partial charge in [0, 0.05) is 49.2 Å². The van der Waals surface area contributed by atoms with Gasteiger partial charge in [0.05, 0.1) is 16.2 Å². The van der Waals surface area contributed by atoms with Gasteiger partial charge < -0.3 is 10.2 Å². The Morgan fingerprint density at radius 3 is 2.73 bits per heavy atom. The zero-order valence-electron chi connectivity index (χ0n) is 17.1. The quantitative estimate of drug-likeness (QED) is 0.656. The molecule has 1 aromatic carbocycles. The number of hydrogen-bond acceptors (Lipinski definition) is 5. The molecule has 156 valence electrons. The van der Waals surface area contributed by atoms with Crippen molar-refractivity contribution in [3.05, 3.63) is 58.2 Å². The van der Waals surface area contributed by atoms with Crippen LogP contribution in [0.15, 0.2) is 41.8 Å². The third-order valence-electron chi connectivity index (χ3n) is 5.54. The highest BCUT2D eigenvalue weighted by Gasteiger charge is 2.27. The SMILES string of the molecule is CCC(=O)NCCc1csc(C2CCN(C(=O)c3ccc4ccccc4n3)CC2)n1. The van der Waals surface area contributed by atoms with Crippen LogP contribution < -0.4 is 5.32 Å². The number of hydrogen-bond donors (Lipinski definition) is 1. The third kappa shape index (κ3) is 4.67. The van der Waals surface area contributed by atoms with Crippen molar-refractivity contribution in [2.24, 2.45) is 0 Å². The molecule has 6 nitrogen and oxygen atoms in total. The van der Waals surface area contributed by atoms with E-state index in [0.29, 0.717) is 24.6 Å². The summed E-state index contributed by atoms with van der Waals surface area (Å²) in [5, 5.41) is 7.16. The molecule has 3 heterocycles. The second kappa shape index (κ2) is 9.34. The molecule has 0 saturated carbocycles. The minimum atomic E-state index is 0.00527. The first kappa shape index (κ1) is 20.5. The van der Waals surface area contributed by atoms with Crippen LogP contribution >= 0.6 is 11.3 Å². The van der Waals surface area contributed by atoms with Crippen molar-refractivity contribution in [1.82, 2.24) is 20.2 Å². The summed E-state index contributed by atoms with van der Waals surface area (Å²) >= 11 is 1.69. The van der Waals surface area contributed by atoms with Gasteiger partial charge in [-0.3, -0.25) is 9.59 Å². The molecule has 0 aliphatic carbocycles. The number of likely N-dealkylation sites (tertiary alicyclic amines) is 1. The number of para-hydroxylation sites is 1. The van der Waals surface area contributed by atoms with Crippen LogP contribution in [0, 0.1) is 0 Å². The molecule has 1 aliphatic rings. The molecule has 1 saturated heterocycles. The highest BCUT2D eigenvalue weighted by molar-refractivity contribution is 7.09. The lowest BCUT2D eigenvalue weighted by molar-refractivity contribution is -0.120. The number of piperidine rings is 1. The molecule has 1 fully saturated rings. The molecule has 1 N–H and O–H groups in total. The van der Waals surface area contributed by atoms with Gasteiger partial charge in [0.25, 0.3) is 5.91 Å². The van der Waals surface area contributed by atoms with E-state index < -0.39 is 0 Å². The number of pyridine rings is 1. The van der Waals surface area contributed by atoms with E-state index in [1.54, 1.807) is 11.3 Å². The molecule has 7 heteroatoms. The van der Waals surface area contributed by atoms with Crippen LogP contribution in [0.25, 0.3) is 10.9 Å². The average Bonchev–Trinajstić information content (AvgIpc) is 3.27. The van der Waals surface area contributed by atoms with E-state index in [1.807, 2.05) is 48.2 Å². The molecule has 30 heavy (non-hydrogen) atoms. The number of nitrogens with one attached hydrogen (secondary N) is 1. The molecule has 0 radical (unpaired) electrons. The van der Waals surface area contributed by atoms with Crippen molar-refractivity contribution in [1.29, 1.82) is 0 Å². The van der Waals surface area contributed by atoms with E-state index in [9.17, 15) is 9.59 Å². The Morgan fingerprint density at radius 1 is 1.13 bits per heavy atom. The maximum Gasteiger partial charge on any atom is 0.272 e. The Kier molecular flexibility index (Phi) is 6.38. The lowest BCUT2D eigenvalue weighted by Crippen LogP contribution is -2.38. The Morgan fingerprint density at radius 2 is 1.93 bits per heavy atom. The topological polar surface area (TPSA) is 75.2 Å². The summed E-state index contributed by atoms with van der Waals surface area (Å²) in [6, 6.07) is 11.6. The zero-order valence-corrected chi connectivity index (χ0v) is 18.0. The Bertz CT molecular complexity index is 1040. The molecule has 0 unspecified atom stereocenters. The van der Waals surface area contributed by atoms with Crippen LogP contribution in [-0.4, -0.2) is 46.3 Å².